The molecule has 114 valence electrons. The molecule has 0 aromatic carbocycles. The number of aliphatic carboxylic acids is 1. The van der Waals surface area contributed by atoms with E-state index in [1.54, 1.807) is 0 Å². The van der Waals surface area contributed by atoms with Crippen molar-refractivity contribution in [1.82, 2.24) is 21.3 Å². The Kier molecular flexibility index (Phi) is 10.6. The molecule has 8 N–H and O–H groups in total. The van der Waals surface area contributed by atoms with Gasteiger partial charge < -0.3 is 31.9 Å². The summed E-state index contributed by atoms with van der Waals surface area (Å²) >= 11 is 0. The molecule has 0 spiro atoms. The summed E-state index contributed by atoms with van der Waals surface area (Å²) in [4.78, 5) is 10.6. The lowest BCUT2D eigenvalue weighted by Crippen LogP contribution is -2.51. The first kappa shape index (κ1) is 18.2. The highest BCUT2D eigenvalue weighted by Gasteiger charge is 2.28. The van der Waals surface area contributed by atoms with E-state index in [2.05, 4.69) is 21.3 Å². The van der Waals surface area contributed by atoms with Crippen LogP contribution in [0, 0.1) is 0 Å². The van der Waals surface area contributed by atoms with Gasteiger partial charge in [0.05, 0.1) is 0 Å². The second-order valence-corrected chi connectivity index (χ2v) is 4.34. The maximum atomic E-state index is 10.6. The first-order valence-electron chi connectivity index (χ1n) is 6.53. The van der Waals surface area contributed by atoms with Crippen LogP contribution in [-0.2, 0) is 4.79 Å². The Balaban J connectivity index is 3.21. The molecule has 0 saturated heterocycles. The van der Waals surface area contributed by atoms with E-state index < -0.39 is 11.7 Å². The van der Waals surface area contributed by atoms with Crippen LogP contribution in [0.3, 0.4) is 0 Å². The second kappa shape index (κ2) is 11.1. The fourth-order valence-electron chi connectivity index (χ4n) is 1.30. The van der Waals surface area contributed by atoms with E-state index >= 15 is 0 Å². The highest BCUT2D eigenvalue weighted by atomic mass is 16.4. The van der Waals surface area contributed by atoms with Crippen LogP contribution in [0.15, 0.2) is 0 Å². The molecule has 0 aliphatic rings. The molecule has 0 heterocycles. The number of nitrogens with two attached hydrogens (primary N) is 1. The number of carboxylic acids is 1. The molecule has 1 unspecified atom stereocenters. The molecule has 0 rings (SSSR count). The highest BCUT2D eigenvalue weighted by Crippen LogP contribution is 1.95. The predicted octanol–water partition coefficient (Wildman–Crippen LogP) is -2.90. The average Bonchev–Trinajstić information content (AvgIpc) is 2.35. The molecular weight excluding hydrogens is 250 g/mol. The third kappa shape index (κ3) is 10.8. The van der Waals surface area contributed by atoms with Crippen LogP contribution in [0.2, 0.25) is 0 Å². The Bertz CT molecular complexity index is 238. The molecule has 0 aromatic rings. The van der Waals surface area contributed by atoms with E-state index in [4.69, 9.17) is 10.8 Å². The Morgan fingerprint density at radius 3 is 1.84 bits per heavy atom. The highest BCUT2D eigenvalue weighted by molar-refractivity contribution is 5.75. The SMILES string of the molecule is CC(O)(NCCNCCNCCNCCN)C(=O)O. The van der Waals surface area contributed by atoms with Crippen molar-refractivity contribution in [3.8, 4) is 0 Å². The minimum atomic E-state index is -1.87. The molecular formula is C11H27N5O3. The van der Waals surface area contributed by atoms with E-state index in [-0.39, 0.29) is 0 Å². The lowest BCUT2D eigenvalue weighted by molar-refractivity contribution is -0.159. The van der Waals surface area contributed by atoms with Gasteiger partial charge in [-0.25, -0.2) is 4.79 Å². The summed E-state index contributed by atoms with van der Waals surface area (Å²) < 4.78 is 0. The number of nitrogens with one attached hydrogen (secondary N) is 4. The van der Waals surface area contributed by atoms with E-state index in [1.807, 2.05) is 0 Å². The van der Waals surface area contributed by atoms with Crippen molar-refractivity contribution in [2.24, 2.45) is 5.73 Å². The molecule has 1 atom stereocenters. The third-order valence-corrected chi connectivity index (χ3v) is 2.47. The number of rotatable bonds is 13. The first-order valence-corrected chi connectivity index (χ1v) is 6.53. The van der Waals surface area contributed by atoms with Crippen molar-refractivity contribution in [2.45, 2.75) is 12.6 Å². The fraction of sp³-hybridized carbons (Fsp3) is 0.909. The van der Waals surface area contributed by atoms with Crippen LogP contribution in [0.25, 0.3) is 0 Å². The normalized spacial score (nSPS) is 14.3. The van der Waals surface area contributed by atoms with Gasteiger partial charge in [-0.1, -0.05) is 0 Å². The van der Waals surface area contributed by atoms with Gasteiger partial charge in [-0.05, 0) is 6.92 Å². The number of carboxylic acid groups (broad SMARTS) is 1. The average molecular weight is 277 g/mol. The summed E-state index contributed by atoms with van der Waals surface area (Å²) in [6.07, 6.45) is 0. The van der Waals surface area contributed by atoms with Crippen LogP contribution >= 0.6 is 0 Å². The van der Waals surface area contributed by atoms with Crippen LogP contribution < -0.4 is 27.0 Å². The van der Waals surface area contributed by atoms with Gasteiger partial charge in [0.1, 0.15) is 0 Å². The number of carbonyl (C=O) groups is 1. The molecule has 0 fully saturated rings. The predicted molar refractivity (Wildman–Crippen MR) is 73.9 cm³/mol. The third-order valence-electron chi connectivity index (χ3n) is 2.47. The molecule has 19 heavy (non-hydrogen) atoms. The van der Waals surface area contributed by atoms with Crippen molar-refractivity contribution in [3.05, 3.63) is 0 Å². The molecule has 8 heteroatoms. The monoisotopic (exact) mass is 277 g/mol. The van der Waals surface area contributed by atoms with E-state index in [0.29, 0.717) is 19.6 Å². The van der Waals surface area contributed by atoms with E-state index in [1.165, 1.54) is 6.92 Å². The molecule has 0 aliphatic carbocycles. The molecule has 0 radical (unpaired) electrons. The number of aliphatic hydroxyl groups is 1. The van der Waals surface area contributed by atoms with Crippen LogP contribution in [0.1, 0.15) is 6.92 Å². The maximum absolute atomic E-state index is 10.6. The minimum Gasteiger partial charge on any atom is -0.478 e. The molecule has 0 amide bonds. The summed E-state index contributed by atoms with van der Waals surface area (Å²) in [5.41, 5.74) is 3.47. The zero-order valence-corrected chi connectivity index (χ0v) is 11.5. The maximum Gasteiger partial charge on any atom is 0.350 e. The van der Waals surface area contributed by atoms with Crippen molar-refractivity contribution in [3.63, 3.8) is 0 Å². The second-order valence-electron chi connectivity index (χ2n) is 4.34. The molecule has 0 aliphatic heterocycles. The summed E-state index contributed by atoms with van der Waals surface area (Å²) in [7, 11) is 0. The molecule has 0 aromatic heterocycles. The summed E-state index contributed by atoms with van der Waals surface area (Å²) in [6, 6.07) is 0. The Labute approximate surface area is 114 Å². The van der Waals surface area contributed by atoms with Crippen LogP contribution in [-0.4, -0.2) is 74.3 Å². The zero-order valence-electron chi connectivity index (χ0n) is 11.5. The van der Waals surface area contributed by atoms with Gasteiger partial charge in [-0.3, -0.25) is 5.32 Å². The lowest BCUT2D eigenvalue weighted by Gasteiger charge is -2.19. The van der Waals surface area contributed by atoms with Crippen LogP contribution in [0.5, 0.6) is 0 Å². The number of hydrogen-bond donors (Lipinski definition) is 7. The first-order chi connectivity index (χ1) is 9.00. The smallest absolute Gasteiger partial charge is 0.350 e. The van der Waals surface area contributed by atoms with Crippen molar-refractivity contribution >= 4 is 5.97 Å². The van der Waals surface area contributed by atoms with Crippen molar-refractivity contribution in [2.75, 3.05) is 52.4 Å². The van der Waals surface area contributed by atoms with Gasteiger partial charge in [0.2, 0.25) is 5.72 Å². The Morgan fingerprint density at radius 1 is 1.00 bits per heavy atom. The summed E-state index contributed by atoms with van der Waals surface area (Å²) in [5, 5.41) is 30.1. The zero-order chi connectivity index (χ0) is 14.6. The molecule has 8 nitrogen and oxygen atoms in total. The van der Waals surface area contributed by atoms with Crippen molar-refractivity contribution in [1.29, 1.82) is 0 Å². The topological polar surface area (TPSA) is 132 Å². The quantitative estimate of drug-likeness (QED) is 0.141. The number of hydrogen-bond acceptors (Lipinski definition) is 7. The standard InChI is InChI=1S/C11H27N5O3/c1-11(19,10(17)18)16-9-8-15-7-6-14-5-4-13-3-2-12/h13-16,19H,2-9,12H2,1H3,(H,17,18). The molecule has 0 saturated carbocycles. The Morgan fingerprint density at radius 2 is 1.42 bits per heavy atom. The van der Waals surface area contributed by atoms with E-state index in [0.717, 1.165) is 32.7 Å². The Hall–Kier alpha value is -0.770. The van der Waals surface area contributed by atoms with Gasteiger partial charge >= 0.3 is 5.97 Å². The van der Waals surface area contributed by atoms with Crippen LogP contribution in [0.4, 0.5) is 0 Å². The van der Waals surface area contributed by atoms with Gasteiger partial charge in [-0.2, -0.15) is 0 Å². The largest absolute Gasteiger partial charge is 0.478 e. The van der Waals surface area contributed by atoms with E-state index in [9.17, 15) is 9.90 Å². The summed E-state index contributed by atoms with van der Waals surface area (Å²) in [5.74, 6) is -1.28. The minimum absolute atomic E-state index is 0.386. The molecule has 0 bridgehead atoms. The van der Waals surface area contributed by atoms with Gasteiger partial charge in [0.25, 0.3) is 0 Å². The fourth-order valence-corrected chi connectivity index (χ4v) is 1.30. The van der Waals surface area contributed by atoms with Crippen molar-refractivity contribution < 1.29 is 15.0 Å². The van der Waals surface area contributed by atoms with Gasteiger partial charge in [-0.15, -0.1) is 0 Å². The van der Waals surface area contributed by atoms with Gasteiger partial charge in [0.15, 0.2) is 0 Å². The van der Waals surface area contributed by atoms with Gasteiger partial charge in [0, 0.05) is 52.4 Å². The lowest BCUT2D eigenvalue weighted by atomic mass is 10.2. The summed E-state index contributed by atoms with van der Waals surface area (Å²) in [6.45, 7) is 7.06.